The molecule has 0 aliphatic rings. The second kappa shape index (κ2) is 8.22. The van der Waals surface area contributed by atoms with E-state index in [4.69, 9.17) is 5.84 Å². The summed E-state index contributed by atoms with van der Waals surface area (Å²) >= 11 is 1.79. The fraction of sp³-hybridized carbons (Fsp3) is 0.583. The summed E-state index contributed by atoms with van der Waals surface area (Å²) in [4.78, 5) is 14.7. The predicted molar refractivity (Wildman–Crippen MR) is 71.5 cm³/mol. The lowest BCUT2D eigenvalue weighted by atomic mass is 10.2. The van der Waals surface area contributed by atoms with Gasteiger partial charge in [-0.05, 0) is 37.4 Å². The third kappa shape index (κ3) is 5.81. The van der Waals surface area contributed by atoms with E-state index in [-0.39, 0.29) is 5.91 Å². The fourth-order valence-electron chi connectivity index (χ4n) is 1.67. The van der Waals surface area contributed by atoms with Gasteiger partial charge in [-0.25, -0.2) is 5.84 Å². The minimum atomic E-state index is -0.0775. The second-order valence-corrected chi connectivity index (χ2v) is 5.00. The topological polar surface area (TPSA) is 58.4 Å². The van der Waals surface area contributed by atoms with Crippen molar-refractivity contribution in [1.29, 1.82) is 0 Å². The number of thiophene rings is 1. The van der Waals surface area contributed by atoms with E-state index in [1.165, 1.54) is 4.88 Å². The Hall–Kier alpha value is -0.910. The summed E-state index contributed by atoms with van der Waals surface area (Å²) in [5, 5.41) is 2.11. The summed E-state index contributed by atoms with van der Waals surface area (Å²) in [5.74, 6) is 4.94. The van der Waals surface area contributed by atoms with Gasteiger partial charge in [0, 0.05) is 17.8 Å². The van der Waals surface area contributed by atoms with Crippen LogP contribution in [0, 0.1) is 0 Å². The number of carbonyl (C=O) groups is 1. The van der Waals surface area contributed by atoms with E-state index >= 15 is 0 Å². The highest BCUT2D eigenvalue weighted by molar-refractivity contribution is 7.09. The Bertz CT molecular complexity index is 314. The first kappa shape index (κ1) is 14.2. The van der Waals surface area contributed by atoms with Crippen LogP contribution in [-0.2, 0) is 11.3 Å². The van der Waals surface area contributed by atoms with Crippen molar-refractivity contribution in [3.63, 3.8) is 0 Å². The van der Waals surface area contributed by atoms with Gasteiger partial charge in [0.05, 0.1) is 0 Å². The number of hydrogen-bond acceptors (Lipinski definition) is 4. The first-order chi connectivity index (χ1) is 8.26. The predicted octanol–water partition coefficient (Wildman–Crippen LogP) is 1.73. The van der Waals surface area contributed by atoms with Crippen molar-refractivity contribution in [2.75, 3.05) is 13.1 Å². The molecule has 1 heterocycles. The molecule has 0 atom stereocenters. The average Bonchev–Trinajstić information content (AvgIpc) is 2.85. The van der Waals surface area contributed by atoms with Crippen LogP contribution < -0.4 is 11.3 Å². The molecule has 0 radical (unpaired) electrons. The molecule has 1 aromatic rings. The van der Waals surface area contributed by atoms with Gasteiger partial charge in [-0.3, -0.25) is 15.1 Å². The van der Waals surface area contributed by atoms with Gasteiger partial charge >= 0.3 is 0 Å². The van der Waals surface area contributed by atoms with Crippen molar-refractivity contribution in [3.05, 3.63) is 22.4 Å². The van der Waals surface area contributed by atoms with Crippen molar-refractivity contribution in [1.82, 2.24) is 10.3 Å². The number of nitrogens with one attached hydrogen (secondary N) is 1. The average molecular weight is 255 g/mol. The first-order valence-electron chi connectivity index (χ1n) is 6.00. The quantitative estimate of drug-likeness (QED) is 0.322. The van der Waals surface area contributed by atoms with Crippen LogP contribution in [0.3, 0.4) is 0 Å². The molecule has 0 aliphatic heterocycles. The molecule has 0 aliphatic carbocycles. The van der Waals surface area contributed by atoms with E-state index in [1.807, 2.05) is 0 Å². The summed E-state index contributed by atoms with van der Waals surface area (Å²) in [6.07, 6.45) is 2.45. The van der Waals surface area contributed by atoms with Crippen molar-refractivity contribution in [2.45, 2.75) is 32.7 Å². The van der Waals surface area contributed by atoms with E-state index in [0.29, 0.717) is 6.42 Å². The standard InChI is InChI=1S/C12H21N3OS/c1-2-15(10-11-6-5-9-17-11)8-4-3-7-12(16)14-13/h5-6,9H,2-4,7-8,10,13H2,1H3,(H,14,16). The normalized spacial score (nSPS) is 10.8. The van der Waals surface area contributed by atoms with Crippen LogP contribution >= 0.6 is 11.3 Å². The maximum Gasteiger partial charge on any atom is 0.233 e. The van der Waals surface area contributed by atoms with Gasteiger partial charge in [0.25, 0.3) is 0 Å². The molecule has 0 fully saturated rings. The van der Waals surface area contributed by atoms with E-state index in [2.05, 4.69) is 34.8 Å². The Balaban J connectivity index is 2.17. The Morgan fingerprint density at radius 2 is 2.35 bits per heavy atom. The zero-order chi connectivity index (χ0) is 12.5. The van der Waals surface area contributed by atoms with Crippen LogP contribution in [0.5, 0.6) is 0 Å². The summed E-state index contributed by atoms with van der Waals surface area (Å²) in [6.45, 7) is 5.25. The summed E-state index contributed by atoms with van der Waals surface area (Å²) in [7, 11) is 0. The molecule has 1 amide bonds. The van der Waals surface area contributed by atoms with Crippen molar-refractivity contribution in [3.8, 4) is 0 Å². The molecule has 0 unspecified atom stereocenters. The zero-order valence-corrected chi connectivity index (χ0v) is 11.1. The lowest BCUT2D eigenvalue weighted by Crippen LogP contribution is -2.30. The molecule has 0 bridgehead atoms. The largest absolute Gasteiger partial charge is 0.299 e. The van der Waals surface area contributed by atoms with Gasteiger partial charge < -0.3 is 0 Å². The van der Waals surface area contributed by atoms with Crippen LogP contribution in [0.1, 0.15) is 31.1 Å². The molecule has 0 spiro atoms. The summed E-state index contributed by atoms with van der Waals surface area (Å²) in [6, 6.07) is 4.24. The fourth-order valence-corrected chi connectivity index (χ4v) is 2.41. The Morgan fingerprint density at radius 3 is 2.94 bits per heavy atom. The van der Waals surface area contributed by atoms with E-state index in [1.54, 1.807) is 11.3 Å². The van der Waals surface area contributed by atoms with Gasteiger partial charge in [-0.1, -0.05) is 13.0 Å². The van der Waals surface area contributed by atoms with Crippen molar-refractivity contribution >= 4 is 17.2 Å². The van der Waals surface area contributed by atoms with Crippen molar-refractivity contribution < 1.29 is 4.79 Å². The number of amides is 1. The molecule has 96 valence electrons. The number of nitrogens with two attached hydrogens (primary N) is 1. The monoisotopic (exact) mass is 255 g/mol. The smallest absolute Gasteiger partial charge is 0.233 e. The second-order valence-electron chi connectivity index (χ2n) is 3.97. The number of rotatable bonds is 8. The summed E-state index contributed by atoms with van der Waals surface area (Å²) in [5.41, 5.74) is 2.15. The molecule has 4 nitrogen and oxygen atoms in total. The highest BCUT2D eigenvalue weighted by Gasteiger charge is 2.05. The molecule has 1 aromatic heterocycles. The Morgan fingerprint density at radius 1 is 1.53 bits per heavy atom. The number of nitrogens with zero attached hydrogens (tertiary/aromatic N) is 1. The van der Waals surface area contributed by atoms with Crippen LogP contribution in [0.15, 0.2) is 17.5 Å². The van der Waals surface area contributed by atoms with E-state index in [9.17, 15) is 4.79 Å². The highest BCUT2D eigenvalue weighted by Crippen LogP contribution is 2.12. The van der Waals surface area contributed by atoms with E-state index in [0.717, 1.165) is 32.5 Å². The molecular weight excluding hydrogens is 234 g/mol. The number of unbranched alkanes of at least 4 members (excludes halogenated alkanes) is 1. The van der Waals surface area contributed by atoms with Gasteiger partial charge in [-0.2, -0.15) is 0 Å². The molecule has 1 rings (SSSR count). The maximum absolute atomic E-state index is 10.9. The molecule has 3 N–H and O–H groups in total. The lowest BCUT2D eigenvalue weighted by molar-refractivity contribution is -0.121. The van der Waals surface area contributed by atoms with Gasteiger partial charge in [-0.15, -0.1) is 11.3 Å². The maximum atomic E-state index is 10.9. The van der Waals surface area contributed by atoms with Crippen LogP contribution in [0.25, 0.3) is 0 Å². The molecule has 0 saturated carbocycles. The Kier molecular flexibility index (Phi) is 6.84. The van der Waals surface area contributed by atoms with Crippen LogP contribution in [0.2, 0.25) is 0 Å². The molecule has 0 saturated heterocycles. The van der Waals surface area contributed by atoms with Gasteiger partial charge in [0.2, 0.25) is 5.91 Å². The lowest BCUT2D eigenvalue weighted by Gasteiger charge is -2.19. The minimum absolute atomic E-state index is 0.0775. The molecule has 17 heavy (non-hydrogen) atoms. The molecular formula is C12H21N3OS. The van der Waals surface area contributed by atoms with E-state index < -0.39 is 0 Å². The Labute approximate surface area is 107 Å². The third-order valence-electron chi connectivity index (χ3n) is 2.70. The SMILES string of the molecule is CCN(CCCCC(=O)NN)Cc1cccs1. The number of carbonyl (C=O) groups excluding carboxylic acids is 1. The van der Waals surface area contributed by atoms with Gasteiger partial charge in [0.15, 0.2) is 0 Å². The zero-order valence-electron chi connectivity index (χ0n) is 10.3. The molecule has 5 heteroatoms. The highest BCUT2D eigenvalue weighted by atomic mass is 32.1. The first-order valence-corrected chi connectivity index (χ1v) is 6.88. The number of hydrazine groups is 1. The minimum Gasteiger partial charge on any atom is -0.299 e. The summed E-state index contributed by atoms with van der Waals surface area (Å²) < 4.78 is 0. The van der Waals surface area contributed by atoms with Crippen LogP contribution in [-0.4, -0.2) is 23.9 Å². The van der Waals surface area contributed by atoms with Gasteiger partial charge in [0.1, 0.15) is 0 Å². The number of hydrogen-bond donors (Lipinski definition) is 2. The van der Waals surface area contributed by atoms with Crippen molar-refractivity contribution in [2.24, 2.45) is 5.84 Å². The van der Waals surface area contributed by atoms with Crippen LogP contribution in [0.4, 0.5) is 0 Å². The third-order valence-corrected chi connectivity index (χ3v) is 3.56. The molecule has 0 aromatic carbocycles.